The molecule has 2 rings (SSSR count). The summed E-state index contributed by atoms with van der Waals surface area (Å²) in [4.78, 5) is 14.2. The van der Waals surface area contributed by atoms with Crippen LogP contribution in [-0.4, -0.2) is 38.4 Å². The SMILES string of the molecule is CCOc1ccccc1OCC(=O)N/N=C/c1ccc(N(CC)CC)cc1. The lowest BCUT2D eigenvalue weighted by atomic mass is 10.2. The first-order valence-corrected chi connectivity index (χ1v) is 9.19. The van der Waals surface area contributed by atoms with Gasteiger partial charge in [0.2, 0.25) is 0 Å². The summed E-state index contributed by atoms with van der Waals surface area (Å²) in [6, 6.07) is 15.3. The van der Waals surface area contributed by atoms with Crippen LogP contribution >= 0.6 is 0 Å². The molecule has 1 amide bonds. The minimum absolute atomic E-state index is 0.137. The van der Waals surface area contributed by atoms with Gasteiger partial charge in [0.05, 0.1) is 12.8 Å². The summed E-state index contributed by atoms with van der Waals surface area (Å²) in [6.07, 6.45) is 1.61. The summed E-state index contributed by atoms with van der Waals surface area (Å²) in [7, 11) is 0. The molecule has 0 aliphatic heterocycles. The molecule has 0 aromatic heterocycles. The minimum Gasteiger partial charge on any atom is -0.490 e. The van der Waals surface area contributed by atoms with Crippen molar-refractivity contribution in [2.45, 2.75) is 20.8 Å². The molecular formula is C21H27N3O3. The minimum atomic E-state index is -0.336. The summed E-state index contributed by atoms with van der Waals surface area (Å²) in [5, 5.41) is 3.98. The van der Waals surface area contributed by atoms with Crippen LogP contribution in [0.5, 0.6) is 11.5 Å². The van der Waals surface area contributed by atoms with Gasteiger partial charge in [0.1, 0.15) is 0 Å². The molecule has 0 unspecified atom stereocenters. The first-order valence-electron chi connectivity index (χ1n) is 9.19. The monoisotopic (exact) mass is 369 g/mol. The molecule has 0 atom stereocenters. The molecule has 0 aliphatic rings. The molecule has 144 valence electrons. The van der Waals surface area contributed by atoms with Gasteiger partial charge in [-0.1, -0.05) is 24.3 Å². The molecule has 0 aliphatic carbocycles. The van der Waals surface area contributed by atoms with Gasteiger partial charge < -0.3 is 14.4 Å². The van der Waals surface area contributed by atoms with E-state index in [2.05, 4.69) is 29.3 Å². The Bertz CT molecular complexity index is 741. The number of nitrogens with one attached hydrogen (secondary N) is 1. The van der Waals surface area contributed by atoms with E-state index in [9.17, 15) is 4.79 Å². The van der Waals surface area contributed by atoms with Crippen LogP contribution in [0.2, 0.25) is 0 Å². The first kappa shape index (κ1) is 20.3. The van der Waals surface area contributed by atoms with Gasteiger partial charge >= 0.3 is 0 Å². The number of amides is 1. The second-order valence-corrected chi connectivity index (χ2v) is 5.73. The summed E-state index contributed by atoms with van der Waals surface area (Å²) in [5.74, 6) is 0.812. The molecule has 6 nitrogen and oxygen atoms in total. The quantitative estimate of drug-likeness (QED) is 0.515. The Labute approximate surface area is 160 Å². The molecular weight excluding hydrogens is 342 g/mol. The fraction of sp³-hybridized carbons (Fsp3) is 0.333. The molecule has 6 heteroatoms. The largest absolute Gasteiger partial charge is 0.490 e. The summed E-state index contributed by atoms with van der Waals surface area (Å²) in [5.41, 5.74) is 4.55. The molecule has 27 heavy (non-hydrogen) atoms. The molecule has 0 saturated heterocycles. The number of hydrogen-bond donors (Lipinski definition) is 1. The van der Waals surface area contributed by atoms with Crippen LogP contribution in [0, 0.1) is 0 Å². The van der Waals surface area contributed by atoms with Crippen molar-refractivity contribution in [2.24, 2.45) is 5.10 Å². The number of nitrogens with zero attached hydrogens (tertiary/aromatic N) is 2. The van der Waals surface area contributed by atoms with Crippen LogP contribution in [0.4, 0.5) is 5.69 Å². The van der Waals surface area contributed by atoms with E-state index >= 15 is 0 Å². The van der Waals surface area contributed by atoms with E-state index in [0.29, 0.717) is 18.1 Å². The van der Waals surface area contributed by atoms with E-state index in [1.807, 2.05) is 43.3 Å². The normalized spacial score (nSPS) is 10.6. The number of hydrazone groups is 1. The summed E-state index contributed by atoms with van der Waals surface area (Å²) >= 11 is 0. The van der Waals surface area contributed by atoms with Crippen LogP contribution in [0.1, 0.15) is 26.3 Å². The molecule has 0 spiro atoms. The van der Waals surface area contributed by atoms with E-state index < -0.39 is 0 Å². The molecule has 0 bridgehead atoms. The number of anilines is 1. The van der Waals surface area contributed by atoms with Gasteiger partial charge in [-0.2, -0.15) is 5.10 Å². The highest BCUT2D eigenvalue weighted by molar-refractivity contribution is 5.83. The van der Waals surface area contributed by atoms with Crippen molar-refractivity contribution >= 4 is 17.8 Å². The zero-order valence-electron chi connectivity index (χ0n) is 16.1. The standard InChI is InChI=1S/C21H27N3O3/c1-4-24(5-2)18-13-11-17(12-14-18)15-22-23-21(25)16-27-20-10-8-7-9-19(20)26-6-3/h7-15H,4-6,16H2,1-3H3,(H,23,25)/b22-15+. The third-order valence-corrected chi connectivity index (χ3v) is 3.93. The third-order valence-electron chi connectivity index (χ3n) is 3.93. The molecule has 2 aromatic rings. The van der Waals surface area contributed by atoms with Crippen LogP contribution in [0.25, 0.3) is 0 Å². The zero-order valence-corrected chi connectivity index (χ0v) is 16.1. The number of benzene rings is 2. The molecule has 0 fully saturated rings. The summed E-state index contributed by atoms with van der Waals surface area (Å²) in [6.45, 7) is 8.48. The van der Waals surface area contributed by atoms with Gasteiger partial charge in [-0.05, 0) is 50.6 Å². The maximum atomic E-state index is 11.9. The molecule has 0 saturated carbocycles. The lowest BCUT2D eigenvalue weighted by Gasteiger charge is -2.20. The van der Waals surface area contributed by atoms with Gasteiger partial charge in [0, 0.05) is 18.8 Å². The highest BCUT2D eigenvalue weighted by Crippen LogP contribution is 2.26. The smallest absolute Gasteiger partial charge is 0.277 e. The van der Waals surface area contributed by atoms with Crippen molar-refractivity contribution in [2.75, 3.05) is 31.2 Å². The zero-order chi connectivity index (χ0) is 19.5. The van der Waals surface area contributed by atoms with Gasteiger partial charge in [-0.15, -0.1) is 0 Å². The summed E-state index contributed by atoms with van der Waals surface area (Å²) < 4.78 is 11.0. The van der Waals surface area contributed by atoms with Crippen LogP contribution < -0.4 is 19.8 Å². The Morgan fingerprint density at radius 2 is 1.63 bits per heavy atom. The van der Waals surface area contributed by atoms with Crippen molar-refractivity contribution in [3.05, 3.63) is 54.1 Å². The van der Waals surface area contributed by atoms with Gasteiger partial charge in [0.25, 0.3) is 5.91 Å². The Morgan fingerprint density at radius 3 is 2.22 bits per heavy atom. The van der Waals surface area contributed by atoms with Crippen molar-refractivity contribution in [3.8, 4) is 11.5 Å². The Kier molecular flexibility index (Phi) is 8.16. The highest BCUT2D eigenvalue weighted by Gasteiger charge is 2.06. The predicted octanol–water partition coefficient (Wildman–Crippen LogP) is 3.46. The lowest BCUT2D eigenvalue weighted by Crippen LogP contribution is -2.24. The Morgan fingerprint density at radius 1 is 1.00 bits per heavy atom. The van der Waals surface area contributed by atoms with Crippen molar-refractivity contribution < 1.29 is 14.3 Å². The van der Waals surface area contributed by atoms with E-state index in [0.717, 1.165) is 18.7 Å². The molecule has 0 heterocycles. The second-order valence-electron chi connectivity index (χ2n) is 5.73. The number of para-hydroxylation sites is 2. The topological polar surface area (TPSA) is 63.2 Å². The number of ether oxygens (including phenoxy) is 2. The molecule has 1 N–H and O–H groups in total. The van der Waals surface area contributed by atoms with Gasteiger partial charge in [-0.3, -0.25) is 4.79 Å². The number of carbonyl (C=O) groups is 1. The van der Waals surface area contributed by atoms with Crippen LogP contribution in [-0.2, 0) is 4.79 Å². The average molecular weight is 369 g/mol. The van der Waals surface area contributed by atoms with Crippen molar-refractivity contribution in [3.63, 3.8) is 0 Å². The average Bonchev–Trinajstić information content (AvgIpc) is 2.69. The third kappa shape index (κ3) is 6.33. The van der Waals surface area contributed by atoms with Gasteiger partial charge in [-0.25, -0.2) is 5.43 Å². The van der Waals surface area contributed by atoms with E-state index in [1.54, 1.807) is 18.3 Å². The van der Waals surface area contributed by atoms with E-state index in [-0.39, 0.29) is 12.5 Å². The highest BCUT2D eigenvalue weighted by atomic mass is 16.5. The van der Waals surface area contributed by atoms with Crippen molar-refractivity contribution in [1.82, 2.24) is 5.43 Å². The van der Waals surface area contributed by atoms with Gasteiger partial charge in [0.15, 0.2) is 18.1 Å². The van der Waals surface area contributed by atoms with Crippen LogP contribution in [0.15, 0.2) is 53.6 Å². The van der Waals surface area contributed by atoms with Crippen LogP contribution in [0.3, 0.4) is 0 Å². The number of carbonyl (C=O) groups excluding carboxylic acids is 1. The Hall–Kier alpha value is -3.02. The first-order chi connectivity index (χ1) is 13.2. The number of rotatable bonds is 10. The molecule has 0 radical (unpaired) electrons. The fourth-order valence-electron chi connectivity index (χ4n) is 2.56. The lowest BCUT2D eigenvalue weighted by molar-refractivity contribution is -0.123. The fourth-order valence-corrected chi connectivity index (χ4v) is 2.56. The maximum Gasteiger partial charge on any atom is 0.277 e. The van der Waals surface area contributed by atoms with E-state index in [1.165, 1.54) is 5.69 Å². The van der Waals surface area contributed by atoms with Crippen molar-refractivity contribution in [1.29, 1.82) is 0 Å². The molecule has 2 aromatic carbocycles. The second kappa shape index (κ2) is 10.9. The van der Waals surface area contributed by atoms with E-state index in [4.69, 9.17) is 9.47 Å². The predicted molar refractivity (Wildman–Crippen MR) is 109 cm³/mol. The Balaban J connectivity index is 1.83. The maximum absolute atomic E-state index is 11.9. The number of hydrogen-bond acceptors (Lipinski definition) is 5.